The zero-order valence-corrected chi connectivity index (χ0v) is 23.9. The van der Waals surface area contributed by atoms with E-state index in [0.29, 0.717) is 11.3 Å². The van der Waals surface area contributed by atoms with Gasteiger partial charge < -0.3 is 16.0 Å². The van der Waals surface area contributed by atoms with Gasteiger partial charge in [0.25, 0.3) is 11.8 Å². The zero-order valence-electron chi connectivity index (χ0n) is 22.3. The van der Waals surface area contributed by atoms with Gasteiger partial charge in [-0.05, 0) is 80.1 Å². The van der Waals surface area contributed by atoms with Crippen molar-refractivity contribution in [2.24, 2.45) is 0 Å². The number of halogens is 2. The van der Waals surface area contributed by atoms with E-state index >= 15 is 0 Å². The minimum atomic E-state index is -0.680. The molecule has 0 aliphatic rings. The Morgan fingerprint density at radius 1 is 0.854 bits per heavy atom. The molecule has 0 bridgehead atoms. The number of carbonyl (C=O) groups excluding carboxylic acids is 3. The summed E-state index contributed by atoms with van der Waals surface area (Å²) in [6.45, 7) is 3.74. The summed E-state index contributed by atoms with van der Waals surface area (Å²) in [4.78, 5) is 39.7. The van der Waals surface area contributed by atoms with Crippen molar-refractivity contribution < 1.29 is 18.8 Å². The van der Waals surface area contributed by atoms with Crippen LogP contribution in [0.5, 0.6) is 0 Å². The summed E-state index contributed by atoms with van der Waals surface area (Å²) in [7, 11) is 0. The van der Waals surface area contributed by atoms with Gasteiger partial charge in [-0.25, -0.2) is 4.39 Å². The number of benzene rings is 4. The molecule has 9 heteroatoms. The molecule has 4 aromatic rings. The quantitative estimate of drug-likeness (QED) is 0.141. The maximum atomic E-state index is 14.5. The number of nitrogens with one attached hydrogen (secondary N) is 3. The van der Waals surface area contributed by atoms with Gasteiger partial charge in [0.15, 0.2) is 0 Å². The van der Waals surface area contributed by atoms with Gasteiger partial charge in [-0.1, -0.05) is 54.1 Å². The van der Waals surface area contributed by atoms with E-state index in [1.54, 1.807) is 55.5 Å². The molecule has 0 fully saturated rings. The molecule has 41 heavy (non-hydrogen) atoms. The molecular weight excluding hydrogens is 561 g/mol. The molecule has 208 valence electrons. The second kappa shape index (κ2) is 13.8. The van der Waals surface area contributed by atoms with E-state index in [2.05, 4.69) is 16.0 Å². The summed E-state index contributed by atoms with van der Waals surface area (Å²) in [5.41, 5.74) is 2.26. The van der Waals surface area contributed by atoms with Crippen LogP contribution in [0.1, 0.15) is 28.4 Å². The highest BCUT2D eigenvalue weighted by Gasteiger charge is 2.18. The highest BCUT2D eigenvalue weighted by atomic mass is 35.5. The third kappa shape index (κ3) is 8.30. The second-order valence-electron chi connectivity index (χ2n) is 9.11. The van der Waals surface area contributed by atoms with Gasteiger partial charge in [-0.3, -0.25) is 14.4 Å². The largest absolute Gasteiger partial charge is 0.325 e. The average molecular weight is 588 g/mol. The fourth-order valence-corrected chi connectivity index (χ4v) is 4.95. The Morgan fingerprint density at radius 2 is 1.54 bits per heavy atom. The molecule has 0 radical (unpaired) electrons. The molecule has 1 atom stereocenters. The standard InChI is InChI=1S/C32H27ClFN3O3S/c1-20-9-6-12-23(17-20)35-30(38)21(2)41-25-14-7-13-24(18-25)36-32(40)29(19-26-27(33)15-8-16-28(26)34)37-31(39)22-10-4-3-5-11-22/h3-19,21H,1-2H3,(H,35,38)(H,36,40)(H,37,39)/b29-19+. The summed E-state index contributed by atoms with van der Waals surface area (Å²) < 4.78 is 14.5. The van der Waals surface area contributed by atoms with Crippen LogP contribution in [0, 0.1) is 12.7 Å². The molecule has 0 heterocycles. The Balaban J connectivity index is 1.51. The topological polar surface area (TPSA) is 87.3 Å². The minimum absolute atomic E-state index is 0.0366. The SMILES string of the molecule is Cc1cccc(NC(=O)C(C)Sc2cccc(NC(=O)/C(=C\c3c(F)cccc3Cl)NC(=O)c3ccccc3)c2)c1. The van der Waals surface area contributed by atoms with E-state index in [9.17, 15) is 18.8 Å². The van der Waals surface area contributed by atoms with Crippen molar-refractivity contribution in [3.8, 4) is 0 Å². The maximum absolute atomic E-state index is 14.5. The predicted octanol–water partition coefficient (Wildman–Crippen LogP) is 7.32. The molecule has 6 nitrogen and oxygen atoms in total. The van der Waals surface area contributed by atoms with Crippen molar-refractivity contribution >= 4 is 58.5 Å². The van der Waals surface area contributed by atoms with Gasteiger partial charge in [0.05, 0.1) is 10.3 Å². The van der Waals surface area contributed by atoms with Gasteiger partial charge in [-0.2, -0.15) is 0 Å². The van der Waals surface area contributed by atoms with E-state index in [4.69, 9.17) is 11.6 Å². The van der Waals surface area contributed by atoms with Crippen LogP contribution in [0.4, 0.5) is 15.8 Å². The molecule has 4 aromatic carbocycles. The van der Waals surface area contributed by atoms with Crippen LogP contribution >= 0.6 is 23.4 Å². The Labute approximate surface area is 247 Å². The normalized spacial score (nSPS) is 11.9. The Bertz CT molecular complexity index is 1590. The lowest BCUT2D eigenvalue weighted by Crippen LogP contribution is -2.30. The van der Waals surface area contributed by atoms with Crippen molar-refractivity contribution in [1.29, 1.82) is 0 Å². The highest BCUT2D eigenvalue weighted by molar-refractivity contribution is 8.00. The number of hydrogen-bond donors (Lipinski definition) is 3. The lowest BCUT2D eigenvalue weighted by molar-refractivity contribution is -0.115. The van der Waals surface area contributed by atoms with Crippen molar-refractivity contribution in [1.82, 2.24) is 5.32 Å². The number of thioether (sulfide) groups is 1. The molecule has 3 amide bonds. The van der Waals surface area contributed by atoms with Crippen LogP contribution < -0.4 is 16.0 Å². The Morgan fingerprint density at radius 3 is 2.24 bits per heavy atom. The summed E-state index contributed by atoms with van der Waals surface area (Å²) in [6, 6.07) is 27.0. The van der Waals surface area contributed by atoms with E-state index in [1.165, 1.54) is 36.0 Å². The molecule has 0 spiro atoms. The molecule has 3 N–H and O–H groups in total. The first-order valence-electron chi connectivity index (χ1n) is 12.7. The van der Waals surface area contributed by atoms with Gasteiger partial charge in [0, 0.05) is 27.4 Å². The van der Waals surface area contributed by atoms with E-state index in [1.807, 2.05) is 37.3 Å². The van der Waals surface area contributed by atoms with Crippen LogP contribution in [-0.2, 0) is 9.59 Å². The predicted molar refractivity (Wildman–Crippen MR) is 163 cm³/mol. The maximum Gasteiger partial charge on any atom is 0.272 e. The van der Waals surface area contributed by atoms with Gasteiger partial charge in [0.1, 0.15) is 11.5 Å². The van der Waals surface area contributed by atoms with Crippen LogP contribution in [0.15, 0.2) is 108 Å². The third-order valence-corrected chi connectivity index (χ3v) is 7.30. The number of hydrogen-bond acceptors (Lipinski definition) is 4. The van der Waals surface area contributed by atoms with Crippen molar-refractivity contribution in [3.63, 3.8) is 0 Å². The highest BCUT2D eigenvalue weighted by Crippen LogP contribution is 2.27. The second-order valence-corrected chi connectivity index (χ2v) is 10.9. The van der Waals surface area contributed by atoms with Crippen molar-refractivity contribution in [2.75, 3.05) is 10.6 Å². The number of amides is 3. The van der Waals surface area contributed by atoms with E-state index in [-0.39, 0.29) is 22.2 Å². The summed E-state index contributed by atoms with van der Waals surface area (Å²) >= 11 is 7.51. The number of rotatable bonds is 9. The Kier molecular flexibility index (Phi) is 9.95. The first-order chi connectivity index (χ1) is 19.7. The van der Waals surface area contributed by atoms with E-state index in [0.717, 1.165) is 16.1 Å². The monoisotopic (exact) mass is 587 g/mol. The molecule has 0 aromatic heterocycles. The molecule has 1 unspecified atom stereocenters. The average Bonchev–Trinajstić information content (AvgIpc) is 2.95. The third-order valence-electron chi connectivity index (χ3n) is 5.88. The fraction of sp³-hybridized carbons (Fsp3) is 0.0938. The number of carbonyl (C=O) groups is 3. The fourth-order valence-electron chi connectivity index (χ4n) is 3.81. The summed E-state index contributed by atoms with van der Waals surface area (Å²) in [5.74, 6) is -2.03. The van der Waals surface area contributed by atoms with Gasteiger partial charge in [0.2, 0.25) is 5.91 Å². The molecule has 0 aliphatic carbocycles. The van der Waals surface area contributed by atoms with Crippen molar-refractivity contribution in [3.05, 3.63) is 130 Å². The minimum Gasteiger partial charge on any atom is -0.325 e. The van der Waals surface area contributed by atoms with Gasteiger partial charge >= 0.3 is 0 Å². The summed E-state index contributed by atoms with van der Waals surface area (Å²) in [6.07, 6.45) is 1.20. The molecule has 4 rings (SSSR count). The first kappa shape index (κ1) is 29.6. The first-order valence-corrected chi connectivity index (χ1v) is 13.9. The molecule has 0 saturated heterocycles. The lowest BCUT2D eigenvalue weighted by Gasteiger charge is -2.14. The number of anilines is 2. The van der Waals surface area contributed by atoms with E-state index < -0.39 is 22.9 Å². The molecule has 0 aliphatic heterocycles. The van der Waals surface area contributed by atoms with Gasteiger partial charge in [-0.15, -0.1) is 11.8 Å². The molecule has 0 saturated carbocycles. The van der Waals surface area contributed by atoms with Crippen LogP contribution in [0.25, 0.3) is 6.08 Å². The van der Waals surface area contributed by atoms with Crippen LogP contribution in [0.3, 0.4) is 0 Å². The van der Waals surface area contributed by atoms with Crippen molar-refractivity contribution in [2.45, 2.75) is 24.0 Å². The van der Waals surface area contributed by atoms with Crippen LogP contribution in [0.2, 0.25) is 5.02 Å². The summed E-state index contributed by atoms with van der Waals surface area (Å²) in [5, 5.41) is 7.89. The molecular formula is C32H27ClFN3O3S. The zero-order chi connectivity index (χ0) is 29.4. The number of aryl methyl sites for hydroxylation is 1. The lowest BCUT2D eigenvalue weighted by atomic mass is 10.1. The Hall–Kier alpha value is -4.40. The van der Waals surface area contributed by atoms with Crippen LogP contribution in [-0.4, -0.2) is 23.0 Å². The smallest absolute Gasteiger partial charge is 0.272 e.